The van der Waals surface area contributed by atoms with Crippen molar-refractivity contribution in [1.29, 1.82) is 0 Å². The monoisotopic (exact) mass is 244 g/mol. The van der Waals surface area contributed by atoms with Gasteiger partial charge in [0.15, 0.2) is 0 Å². The molecular weight excluding hydrogens is 228 g/mol. The highest BCUT2D eigenvalue weighted by molar-refractivity contribution is 5.80. The lowest BCUT2D eigenvalue weighted by molar-refractivity contribution is -0.137. The van der Waals surface area contributed by atoms with Gasteiger partial charge in [-0.05, 0) is 11.1 Å². The zero-order chi connectivity index (χ0) is 13.4. The van der Waals surface area contributed by atoms with E-state index in [1.165, 1.54) is 0 Å². The van der Waals surface area contributed by atoms with Crippen LogP contribution in [0.25, 0.3) is 0 Å². The molecule has 0 atom stereocenters. The van der Waals surface area contributed by atoms with Crippen LogP contribution in [0.1, 0.15) is 17.0 Å². The summed E-state index contributed by atoms with van der Waals surface area (Å²) in [6, 6.07) is 18.5. The molecule has 94 valence electrons. The second kappa shape index (κ2) is 7.25. The number of carboxylic acid groups (broad SMARTS) is 1. The van der Waals surface area contributed by atoms with Crippen LogP contribution >= 0.6 is 0 Å². The van der Waals surface area contributed by atoms with Crippen LogP contribution in [0.15, 0.2) is 60.7 Å². The minimum absolute atomic E-state index is 0.581. The van der Waals surface area contributed by atoms with E-state index in [9.17, 15) is 9.90 Å². The summed E-state index contributed by atoms with van der Waals surface area (Å²) in [5.74, 6) is -1.40. The molecule has 2 aromatic rings. The molecular formula is C15H16O3. The molecule has 0 aromatic heterocycles. The van der Waals surface area contributed by atoms with E-state index in [1.807, 2.05) is 60.7 Å². The number of hydrogen-bond acceptors (Lipinski definition) is 2. The number of aliphatic hydroxyl groups is 1. The van der Waals surface area contributed by atoms with Crippen molar-refractivity contribution in [2.24, 2.45) is 0 Å². The molecule has 2 rings (SSSR count). The van der Waals surface area contributed by atoms with E-state index in [2.05, 4.69) is 0 Å². The molecule has 0 amide bonds. The fraction of sp³-hybridized carbons (Fsp3) is 0.133. The lowest BCUT2D eigenvalue weighted by atomic mass is 9.92. The van der Waals surface area contributed by atoms with Crippen LogP contribution in [0.5, 0.6) is 0 Å². The first-order valence-electron chi connectivity index (χ1n) is 5.56. The third kappa shape index (κ3) is 3.43. The standard InChI is InChI=1S/C14H12O2.CH4O/c15-14(16)13(11-7-3-1-4-8-11)12-9-5-2-6-10-12;1-2/h1-10,13H,(H,15,16);2H,1H3. The van der Waals surface area contributed by atoms with Crippen LogP contribution in [0.4, 0.5) is 0 Å². The summed E-state index contributed by atoms with van der Waals surface area (Å²) in [6.07, 6.45) is 0. The highest BCUT2D eigenvalue weighted by atomic mass is 16.4. The molecule has 0 heterocycles. The molecule has 0 bridgehead atoms. The third-order valence-corrected chi connectivity index (χ3v) is 2.51. The summed E-state index contributed by atoms with van der Waals surface area (Å²) >= 11 is 0. The molecule has 2 N–H and O–H groups in total. The van der Waals surface area contributed by atoms with Crippen molar-refractivity contribution in [3.8, 4) is 0 Å². The van der Waals surface area contributed by atoms with Crippen LogP contribution in [0, 0.1) is 0 Å². The lowest BCUT2D eigenvalue weighted by Gasteiger charge is -2.12. The van der Waals surface area contributed by atoms with Gasteiger partial charge in [0, 0.05) is 7.11 Å². The Labute approximate surface area is 106 Å². The van der Waals surface area contributed by atoms with Crippen LogP contribution < -0.4 is 0 Å². The fourth-order valence-electron chi connectivity index (χ4n) is 1.77. The van der Waals surface area contributed by atoms with Gasteiger partial charge in [-0.1, -0.05) is 60.7 Å². The van der Waals surface area contributed by atoms with Crippen molar-refractivity contribution in [2.75, 3.05) is 7.11 Å². The molecule has 0 aliphatic rings. The molecule has 3 heteroatoms. The van der Waals surface area contributed by atoms with E-state index in [1.54, 1.807) is 0 Å². The molecule has 0 saturated carbocycles. The summed E-state index contributed by atoms with van der Waals surface area (Å²) in [6.45, 7) is 0. The van der Waals surface area contributed by atoms with Gasteiger partial charge in [0.2, 0.25) is 0 Å². The van der Waals surface area contributed by atoms with Gasteiger partial charge >= 0.3 is 5.97 Å². The largest absolute Gasteiger partial charge is 0.481 e. The Morgan fingerprint density at radius 3 is 1.44 bits per heavy atom. The second-order valence-electron chi connectivity index (χ2n) is 3.59. The SMILES string of the molecule is CO.O=C(O)C(c1ccccc1)c1ccccc1. The first-order chi connectivity index (χ1) is 8.79. The summed E-state index contributed by atoms with van der Waals surface area (Å²) in [4.78, 5) is 11.3. The molecule has 18 heavy (non-hydrogen) atoms. The zero-order valence-electron chi connectivity index (χ0n) is 10.2. The number of rotatable bonds is 3. The van der Waals surface area contributed by atoms with Gasteiger partial charge in [-0.3, -0.25) is 4.79 Å². The van der Waals surface area contributed by atoms with Gasteiger partial charge < -0.3 is 10.2 Å². The number of aliphatic hydroxyl groups excluding tert-OH is 1. The van der Waals surface area contributed by atoms with E-state index in [0.717, 1.165) is 18.2 Å². The Kier molecular flexibility index (Phi) is 5.61. The first-order valence-corrected chi connectivity index (χ1v) is 5.56. The quantitative estimate of drug-likeness (QED) is 0.872. The van der Waals surface area contributed by atoms with Crippen LogP contribution in [0.3, 0.4) is 0 Å². The molecule has 0 aliphatic carbocycles. The van der Waals surface area contributed by atoms with Gasteiger partial charge in [0.25, 0.3) is 0 Å². The molecule has 0 unspecified atom stereocenters. The third-order valence-electron chi connectivity index (χ3n) is 2.51. The number of aliphatic carboxylic acids is 1. The maximum atomic E-state index is 11.3. The highest BCUT2D eigenvalue weighted by Crippen LogP contribution is 2.24. The zero-order valence-corrected chi connectivity index (χ0v) is 10.2. The van der Waals surface area contributed by atoms with E-state index < -0.39 is 11.9 Å². The number of benzene rings is 2. The van der Waals surface area contributed by atoms with Crippen molar-refractivity contribution < 1.29 is 15.0 Å². The summed E-state index contributed by atoms with van der Waals surface area (Å²) in [7, 11) is 1.00. The van der Waals surface area contributed by atoms with Crippen molar-refractivity contribution in [3.63, 3.8) is 0 Å². The molecule has 3 nitrogen and oxygen atoms in total. The Morgan fingerprint density at radius 2 is 1.17 bits per heavy atom. The van der Waals surface area contributed by atoms with E-state index in [-0.39, 0.29) is 0 Å². The summed E-state index contributed by atoms with van der Waals surface area (Å²) < 4.78 is 0. The van der Waals surface area contributed by atoms with Crippen LogP contribution in [-0.2, 0) is 4.79 Å². The smallest absolute Gasteiger partial charge is 0.315 e. The molecule has 0 fully saturated rings. The second-order valence-corrected chi connectivity index (χ2v) is 3.59. The van der Waals surface area contributed by atoms with Gasteiger partial charge in [-0.2, -0.15) is 0 Å². The number of carbonyl (C=O) groups is 1. The van der Waals surface area contributed by atoms with Crippen molar-refractivity contribution in [2.45, 2.75) is 5.92 Å². The maximum absolute atomic E-state index is 11.3. The van der Waals surface area contributed by atoms with Crippen LogP contribution in [0.2, 0.25) is 0 Å². The van der Waals surface area contributed by atoms with Gasteiger partial charge in [0.1, 0.15) is 5.92 Å². The van der Waals surface area contributed by atoms with Crippen molar-refractivity contribution >= 4 is 5.97 Å². The number of hydrogen-bond donors (Lipinski definition) is 2. The highest BCUT2D eigenvalue weighted by Gasteiger charge is 2.20. The maximum Gasteiger partial charge on any atom is 0.315 e. The molecule has 0 radical (unpaired) electrons. The predicted molar refractivity (Wildman–Crippen MR) is 70.5 cm³/mol. The fourth-order valence-corrected chi connectivity index (χ4v) is 1.77. The number of carboxylic acids is 1. The van der Waals surface area contributed by atoms with Gasteiger partial charge in [0.05, 0.1) is 0 Å². The minimum Gasteiger partial charge on any atom is -0.481 e. The van der Waals surface area contributed by atoms with E-state index in [4.69, 9.17) is 5.11 Å². The summed E-state index contributed by atoms with van der Waals surface area (Å²) in [5.41, 5.74) is 1.61. The first kappa shape index (κ1) is 13.9. The molecule has 2 aromatic carbocycles. The Morgan fingerprint density at radius 1 is 0.833 bits per heavy atom. The van der Waals surface area contributed by atoms with Crippen molar-refractivity contribution in [1.82, 2.24) is 0 Å². The molecule has 0 saturated heterocycles. The van der Waals surface area contributed by atoms with Gasteiger partial charge in [-0.15, -0.1) is 0 Å². The van der Waals surface area contributed by atoms with E-state index in [0.29, 0.717) is 0 Å². The van der Waals surface area contributed by atoms with E-state index >= 15 is 0 Å². The summed E-state index contributed by atoms with van der Waals surface area (Å²) in [5, 5.41) is 16.3. The Hall–Kier alpha value is -2.13. The minimum atomic E-state index is -0.822. The Balaban J connectivity index is 0.000000771. The van der Waals surface area contributed by atoms with Gasteiger partial charge in [-0.25, -0.2) is 0 Å². The molecule has 0 aliphatic heterocycles. The topological polar surface area (TPSA) is 57.5 Å². The lowest BCUT2D eigenvalue weighted by Crippen LogP contribution is -2.12. The average molecular weight is 244 g/mol. The van der Waals surface area contributed by atoms with Crippen molar-refractivity contribution in [3.05, 3.63) is 71.8 Å². The predicted octanol–water partition coefficient (Wildman–Crippen LogP) is 2.51. The molecule has 0 spiro atoms. The normalized spacial score (nSPS) is 9.50. The van der Waals surface area contributed by atoms with Crippen LogP contribution in [-0.4, -0.2) is 23.3 Å². The Bertz CT molecular complexity index is 426. The average Bonchev–Trinajstić information content (AvgIpc) is 2.43.